The molecule has 6 heteroatoms. The fraction of sp³-hybridized carbons (Fsp3) is 0.150. The third-order valence-corrected chi connectivity index (χ3v) is 4.65. The third-order valence-electron chi connectivity index (χ3n) is 4.43. The van der Waals surface area contributed by atoms with E-state index in [2.05, 4.69) is 16.4 Å². The number of aryl methyl sites for hydroxylation is 2. The van der Waals surface area contributed by atoms with E-state index in [0.29, 0.717) is 16.4 Å². The predicted octanol–water partition coefficient (Wildman–Crippen LogP) is 3.78. The number of hydrogen-bond acceptors (Lipinski definition) is 4. The monoisotopic (exact) mass is 366 g/mol. The molecule has 0 fully saturated rings. The third kappa shape index (κ3) is 3.13. The van der Waals surface area contributed by atoms with E-state index in [1.54, 1.807) is 18.2 Å². The van der Waals surface area contributed by atoms with E-state index in [9.17, 15) is 9.59 Å². The summed E-state index contributed by atoms with van der Waals surface area (Å²) in [6.45, 7) is -0.383. The summed E-state index contributed by atoms with van der Waals surface area (Å²) in [7, 11) is 0. The Morgan fingerprint density at radius 3 is 2.65 bits per heavy atom. The molecule has 3 aromatic rings. The molecule has 0 bridgehead atoms. The van der Waals surface area contributed by atoms with Crippen molar-refractivity contribution in [3.63, 3.8) is 0 Å². The Kier molecular flexibility index (Phi) is 4.31. The van der Waals surface area contributed by atoms with Crippen LogP contribution in [0.2, 0.25) is 5.02 Å². The average Bonchev–Trinajstić information content (AvgIpc) is 3.07. The van der Waals surface area contributed by atoms with E-state index >= 15 is 0 Å². The zero-order valence-electron chi connectivity index (χ0n) is 13.8. The molecule has 1 aliphatic rings. The first-order chi connectivity index (χ1) is 12.6. The van der Waals surface area contributed by atoms with Crippen LogP contribution < -0.4 is 5.32 Å². The molecule has 0 spiro atoms. The van der Waals surface area contributed by atoms with Crippen molar-refractivity contribution in [2.45, 2.75) is 12.8 Å². The molecule has 4 rings (SSSR count). The number of pyridine rings is 1. The van der Waals surface area contributed by atoms with Crippen LogP contribution in [-0.2, 0) is 22.4 Å². The van der Waals surface area contributed by atoms with E-state index in [1.165, 1.54) is 17.3 Å². The number of nitrogens with one attached hydrogen (secondary N) is 1. The van der Waals surface area contributed by atoms with Crippen LogP contribution in [-0.4, -0.2) is 23.5 Å². The number of benzene rings is 2. The molecule has 0 radical (unpaired) electrons. The Hall–Kier alpha value is -2.92. The number of nitrogens with zero attached hydrogens (tertiary/aromatic N) is 1. The SMILES string of the molecule is O=C(COC(=O)c1ccc2c3c(cccc13)CC2)Nc1ccc(Cl)cn1. The zero-order valence-corrected chi connectivity index (χ0v) is 14.5. The standard InChI is InChI=1S/C20H15ClN2O3/c21-14-7-9-17(22-10-14)23-18(24)11-26-20(25)16-8-6-13-5-4-12-2-1-3-15(16)19(12)13/h1-3,6-10H,4-5,11H2,(H,22,23,24). The van der Waals surface area contributed by atoms with Crippen molar-refractivity contribution in [1.82, 2.24) is 4.98 Å². The van der Waals surface area contributed by atoms with Gasteiger partial charge in [-0.3, -0.25) is 4.79 Å². The van der Waals surface area contributed by atoms with Crippen LogP contribution >= 0.6 is 11.6 Å². The lowest BCUT2D eigenvalue weighted by molar-refractivity contribution is -0.119. The molecule has 1 N–H and O–H groups in total. The molecule has 1 amide bonds. The number of esters is 1. The van der Waals surface area contributed by atoms with Gasteiger partial charge in [0, 0.05) is 6.20 Å². The van der Waals surface area contributed by atoms with Gasteiger partial charge in [0.15, 0.2) is 6.61 Å². The minimum absolute atomic E-state index is 0.348. The van der Waals surface area contributed by atoms with E-state index < -0.39 is 11.9 Å². The second-order valence-electron chi connectivity index (χ2n) is 6.10. The summed E-state index contributed by atoms with van der Waals surface area (Å²) in [5, 5.41) is 5.04. The molecule has 1 aliphatic carbocycles. The smallest absolute Gasteiger partial charge is 0.339 e. The molecule has 1 heterocycles. The lowest BCUT2D eigenvalue weighted by atomic mass is 10.00. The first-order valence-corrected chi connectivity index (χ1v) is 8.61. The Bertz CT molecular complexity index is 1010. The van der Waals surface area contributed by atoms with Gasteiger partial charge in [-0.2, -0.15) is 0 Å². The summed E-state index contributed by atoms with van der Waals surface area (Å²) in [5.41, 5.74) is 2.97. The van der Waals surface area contributed by atoms with Crippen LogP contribution in [0.4, 0.5) is 5.82 Å². The molecular weight excluding hydrogens is 352 g/mol. The molecule has 5 nitrogen and oxygen atoms in total. The van der Waals surface area contributed by atoms with E-state index in [1.807, 2.05) is 18.2 Å². The topological polar surface area (TPSA) is 68.3 Å². The van der Waals surface area contributed by atoms with Crippen molar-refractivity contribution in [2.75, 3.05) is 11.9 Å². The molecule has 0 saturated heterocycles. The van der Waals surface area contributed by atoms with Gasteiger partial charge in [-0.25, -0.2) is 9.78 Å². The summed E-state index contributed by atoms with van der Waals surface area (Å²) in [6.07, 6.45) is 3.40. The van der Waals surface area contributed by atoms with Gasteiger partial charge in [0.2, 0.25) is 0 Å². The highest BCUT2D eigenvalue weighted by Gasteiger charge is 2.20. The Labute approximate surface area is 154 Å². The number of ether oxygens (including phenoxy) is 1. The Morgan fingerprint density at radius 1 is 1.08 bits per heavy atom. The first kappa shape index (κ1) is 16.5. The maximum atomic E-state index is 12.5. The van der Waals surface area contributed by atoms with Gasteiger partial charge in [0.1, 0.15) is 5.82 Å². The fourth-order valence-electron chi connectivity index (χ4n) is 3.26. The van der Waals surface area contributed by atoms with E-state index in [0.717, 1.165) is 23.6 Å². The number of aromatic nitrogens is 1. The summed E-state index contributed by atoms with van der Waals surface area (Å²) >= 11 is 5.75. The number of carbonyl (C=O) groups is 2. The minimum atomic E-state index is -0.514. The van der Waals surface area contributed by atoms with Crippen LogP contribution in [0.15, 0.2) is 48.7 Å². The molecule has 0 saturated carbocycles. The molecular formula is C20H15ClN2O3. The predicted molar refractivity (Wildman–Crippen MR) is 99.5 cm³/mol. The summed E-state index contributed by atoms with van der Waals surface area (Å²) < 4.78 is 5.19. The highest BCUT2D eigenvalue weighted by Crippen LogP contribution is 2.32. The molecule has 2 aromatic carbocycles. The van der Waals surface area contributed by atoms with Crippen molar-refractivity contribution < 1.29 is 14.3 Å². The molecule has 0 atom stereocenters. The van der Waals surface area contributed by atoms with Gasteiger partial charge in [-0.15, -0.1) is 0 Å². The zero-order chi connectivity index (χ0) is 18.1. The second kappa shape index (κ2) is 6.77. The number of anilines is 1. The van der Waals surface area contributed by atoms with Crippen LogP contribution in [0.3, 0.4) is 0 Å². The lowest BCUT2D eigenvalue weighted by Crippen LogP contribution is -2.21. The maximum absolute atomic E-state index is 12.5. The van der Waals surface area contributed by atoms with Crippen molar-refractivity contribution in [3.05, 3.63) is 70.4 Å². The summed E-state index contributed by atoms with van der Waals surface area (Å²) in [4.78, 5) is 28.4. The molecule has 0 unspecified atom stereocenters. The van der Waals surface area contributed by atoms with Gasteiger partial charge < -0.3 is 10.1 Å². The van der Waals surface area contributed by atoms with E-state index in [-0.39, 0.29) is 6.61 Å². The highest BCUT2D eigenvalue weighted by atomic mass is 35.5. The number of carbonyl (C=O) groups excluding carboxylic acids is 2. The Morgan fingerprint density at radius 2 is 1.88 bits per heavy atom. The minimum Gasteiger partial charge on any atom is -0.452 e. The number of amides is 1. The lowest BCUT2D eigenvalue weighted by Gasteiger charge is -2.09. The van der Waals surface area contributed by atoms with Crippen LogP contribution in [0.25, 0.3) is 10.8 Å². The Balaban J connectivity index is 1.46. The maximum Gasteiger partial charge on any atom is 0.339 e. The van der Waals surface area contributed by atoms with Gasteiger partial charge in [-0.05, 0) is 52.9 Å². The van der Waals surface area contributed by atoms with Crippen molar-refractivity contribution in [2.24, 2.45) is 0 Å². The van der Waals surface area contributed by atoms with Gasteiger partial charge in [0.25, 0.3) is 5.91 Å². The van der Waals surface area contributed by atoms with Crippen LogP contribution in [0.5, 0.6) is 0 Å². The van der Waals surface area contributed by atoms with Gasteiger partial charge in [-0.1, -0.05) is 35.9 Å². The highest BCUT2D eigenvalue weighted by molar-refractivity contribution is 6.30. The number of rotatable bonds is 4. The van der Waals surface area contributed by atoms with Crippen molar-refractivity contribution >= 4 is 40.1 Å². The van der Waals surface area contributed by atoms with Crippen LogP contribution in [0, 0.1) is 0 Å². The van der Waals surface area contributed by atoms with Crippen molar-refractivity contribution in [3.8, 4) is 0 Å². The van der Waals surface area contributed by atoms with Gasteiger partial charge >= 0.3 is 5.97 Å². The first-order valence-electron chi connectivity index (χ1n) is 8.24. The molecule has 1 aromatic heterocycles. The van der Waals surface area contributed by atoms with Gasteiger partial charge in [0.05, 0.1) is 10.6 Å². The number of halogens is 1. The summed E-state index contributed by atoms with van der Waals surface area (Å²) in [6, 6.07) is 12.9. The molecule has 26 heavy (non-hydrogen) atoms. The van der Waals surface area contributed by atoms with E-state index in [4.69, 9.17) is 16.3 Å². The molecule has 130 valence electrons. The fourth-order valence-corrected chi connectivity index (χ4v) is 3.37. The normalized spacial score (nSPS) is 12.2. The second-order valence-corrected chi connectivity index (χ2v) is 6.53. The largest absolute Gasteiger partial charge is 0.452 e. The average molecular weight is 367 g/mol. The van der Waals surface area contributed by atoms with Crippen LogP contribution in [0.1, 0.15) is 21.5 Å². The summed E-state index contributed by atoms with van der Waals surface area (Å²) in [5.74, 6) is -0.625. The molecule has 0 aliphatic heterocycles. The number of hydrogen-bond donors (Lipinski definition) is 1. The van der Waals surface area contributed by atoms with Crippen molar-refractivity contribution in [1.29, 1.82) is 0 Å². The quantitative estimate of drug-likeness (QED) is 0.713.